The standard InChI is InChI=1S/C47H58FN9O8S/c1-25(2)40(54-47(61)64-6)44(58)55-20-8-10-37(55)42-50-31-15-12-27(22-33(31)52-42)35-17-18-36(57(35)29-14-19-39(30(48)24-29)66(7,62)63)28-13-16-32-34(23-28)53-43(51-32)38-11-9-21-56(38)45(59)41(26(3)4)65-46(60)49-5/h12-16,19,22-26,35-38,40-41H,8-11,17-18,20-21H2,1-7H3,(H,49,60)(H,50,52)(H,51,53)(H,54,61)/t35-,36-,37+,38+,40+,41+/m1/s1. The van der Waals surface area contributed by atoms with Crippen molar-refractivity contribution in [1.29, 1.82) is 0 Å². The zero-order valence-electron chi connectivity index (χ0n) is 38.3. The van der Waals surface area contributed by atoms with Crippen LogP contribution in [0.5, 0.6) is 0 Å². The fraction of sp³-hybridized carbons (Fsp3) is 0.489. The first-order valence-electron chi connectivity index (χ1n) is 22.6. The van der Waals surface area contributed by atoms with Crippen molar-refractivity contribution in [2.45, 2.75) is 107 Å². The first-order valence-corrected chi connectivity index (χ1v) is 24.5. The number of imidazole rings is 2. The Morgan fingerprint density at radius 1 is 0.742 bits per heavy atom. The highest BCUT2D eigenvalue weighted by Gasteiger charge is 2.41. The number of aromatic nitrogens is 4. The van der Waals surface area contributed by atoms with Crippen molar-refractivity contribution in [2.24, 2.45) is 11.8 Å². The van der Waals surface area contributed by atoms with Crippen LogP contribution in [-0.2, 0) is 28.9 Å². The number of halogens is 1. The molecular weight excluding hydrogens is 870 g/mol. The lowest BCUT2D eigenvalue weighted by molar-refractivity contribution is -0.143. The zero-order valence-corrected chi connectivity index (χ0v) is 39.1. The van der Waals surface area contributed by atoms with E-state index in [9.17, 15) is 27.6 Å². The molecule has 2 aromatic heterocycles. The number of aromatic amines is 2. The molecule has 3 saturated heterocycles. The van der Waals surface area contributed by atoms with E-state index in [2.05, 4.69) is 25.5 Å². The Bertz CT molecular complexity index is 2630. The van der Waals surface area contributed by atoms with Crippen LogP contribution in [0.1, 0.15) is 113 Å². The van der Waals surface area contributed by atoms with Gasteiger partial charge in [0.05, 0.1) is 53.3 Å². The zero-order chi connectivity index (χ0) is 47.2. The van der Waals surface area contributed by atoms with E-state index in [0.29, 0.717) is 67.1 Å². The second-order valence-corrected chi connectivity index (χ2v) is 20.2. The summed E-state index contributed by atoms with van der Waals surface area (Å²) in [6.45, 7) is 8.43. The number of hydrogen-bond donors (Lipinski definition) is 4. The molecule has 3 aliphatic rings. The van der Waals surface area contributed by atoms with Gasteiger partial charge in [-0.2, -0.15) is 0 Å². The van der Waals surface area contributed by atoms with Gasteiger partial charge in [-0.25, -0.2) is 32.4 Å². The van der Waals surface area contributed by atoms with Gasteiger partial charge < -0.3 is 44.8 Å². The second-order valence-electron chi connectivity index (χ2n) is 18.3. The van der Waals surface area contributed by atoms with Gasteiger partial charge in [-0.15, -0.1) is 0 Å². The number of rotatable bonds is 12. The van der Waals surface area contributed by atoms with Crippen LogP contribution in [0.3, 0.4) is 0 Å². The van der Waals surface area contributed by atoms with Crippen LogP contribution in [0.2, 0.25) is 0 Å². The van der Waals surface area contributed by atoms with Crippen molar-refractivity contribution in [3.05, 3.63) is 83.2 Å². The molecule has 66 heavy (non-hydrogen) atoms. The normalized spacial score (nSPS) is 21.0. The third-order valence-corrected chi connectivity index (χ3v) is 14.3. The Morgan fingerprint density at radius 3 is 1.76 bits per heavy atom. The van der Waals surface area contributed by atoms with Gasteiger partial charge in [-0.05, 0) is 104 Å². The second kappa shape index (κ2) is 18.6. The fourth-order valence-corrected chi connectivity index (χ4v) is 10.6. The number of H-pyrrole nitrogens is 2. The molecule has 0 spiro atoms. The van der Waals surface area contributed by atoms with E-state index >= 15 is 4.39 Å². The van der Waals surface area contributed by atoms with E-state index in [1.165, 1.54) is 26.3 Å². The minimum absolute atomic E-state index is 0.175. The predicted molar refractivity (Wildman–Crippen MR) is 245 cm³/mol. The summed E-state index contributed by atoms with van der Waals surface area (Å²) in [7, 11) is -1.11. The van der Waals surface area contributed by atoms with Crippen LogP contribution in [0.15, 0.2) is 59.5 Å². The molecule has 4 amide bonds. The third kappa shape index (κ3) is 9.00. The molecule has 3 aromatic carbocycles. The van der Waals surface area contributed by atoms with E-state index in [-0.39, 0.29) is 52.7 Å². The van der Waals surface area contributed by atoms with E-state index in [1.54, 1.807) is 15.9 Å². The summed E-state index contributed by atoms with van der Waals surface area (Å²) in [5, 5.41) is 5.12. The van der Waals surface area contributed by atoms with Gasteiger partial charge in [0, 0.05) is 32.1 Å². The van der Waals surface area contributed by atoms with Crippen molar-refractivity contribution >= 4 is 61.6 Å². The molecule has 6 atom stereocenters. The molecule has 0 radical (unpaired) electrons. The van der Waals surface area contributed by atoms with Crippen molar-refractivity contribution < 1.29 is 41.5 Å². The Labute approximate surface area is 383 Å². The largest absolute Gasteiger partial charge is 0.453 e. The lowest BCUT2D eigenvalue weighted by Gasteiger charge is -2.33. The number of benzene rings is 3. The summed E-state index contributed by atoms with van der Waals surface area (Å²) in [5.41, 5.74) is 5.34. The Morgan fingerprint density at radius 2 is 1.29 bits per heavy atom. The first kappa shape index (κ1) is 46.3. The molecule has 5 aromatic rings. The van der Waals surface area contributed by atoms with Crippen LogP contribution in [0, 0.1) is 17.7 Å². The summed E-state index contributed by atoms with van der Waals surface area (Å²) in [6.07, 6.45) is 2.96. The summed E-state index contributed by atoms with van der Waals surface area (Å²) in [5.74, 6) is -0.466. The number of likely N-dealkylation sites (tertiary alicyclic amines) is 2. The summed E-state index contributed by atoms with van der Waals surface area (Å²) in [4.78, 5) is 74.0. The number of carbonyl (C=O) groups excluding carboxylic acids is 4. The molecular formula is C47H58FN9O8S. The topological polar surface area (TPSA) is 212 Å². The minimum atomic E-state index is -3.83. The van der Waals surface area contributed by atoms with E-state index < -0.39 is 40.0 Å². The SMILES string of the molecule is CNC(=O)O[C@H](C(=O)N1CCC[C@H]1c1nc2ccc([C@H]3CC[C@H](c4ccc5nc([C@@H]6CCCN6C(=O)[C@@H](NC(=O)OC)C(C)C)[nH]c5c4)N3c3ccc(S(C)(=O)=O)c(F)c3)cc2[nH]1)C(C)C. The molecule has 0 saturated carbocycles. The molecule has 8 rings (SSSR count). The molecule has 352 valence electrons. The van der Waals surface area contributed by atoms with E-state index in [1.807, 2.05) is 64.1 Å². The molecule has 19 heteroatoms. The number of methoxy groups -OCH3 is 1. The van der Waals surface area contributed by atoms with Crippen molar-refractivity contribution in [1.82, 2.24) is 40.4 Å². The monoisotopic (exact) mass is 927 g/mol. The van der Waals surface area contributed by atoms with Crippen LogP contribution in [-0.4, -0.2) is 108 Å². The number of alkyl carbamates (subject to hydrolysis) is 2. The van der Waals surface area contributed by atoms with Crippen LogP contribution < -0.4 is 15.5 Å². The number of carbonyl (C=O) groups is 4. The fourth-order valence-electron chi connectivity index (χ4n) is 9.92. The van der Waals surface area contributed by atoms with Crippen molar-refractivity contribution in [3.63, 3.8) is 0 Å². The number of nitrogens with zero attached hydrogens (tertiary/aromatic N) is 5. The highest BCUT2D eigenvalue weighted by molar-refractivity contribution is 7.90. The maximum absolute atomic E-state index is 15.8. The molecule has 4 N–H and O–H groups in total. The Hall–Kier alpha value is -6.24. The van der Waals surface area contributed by atoms with Gasteiger partial charge in [0.2, 0.25) is 5.91 Å². The summed E-state index contributed by atoms with van der Waals surface area (Å²) in [6, 6.07) is 14.2. The molecule has 5 heterocycles. The first-order chi connectivity index (χ1) is 31.5. The predicted octanol–water partition coefficient (Wildman–Crippen LogP) is 7.15. The van der Waals surface area contributed by atoms with Crippen LogP contribution in [0.25, 0.3) is 22.1 Å². The van der Waals surface area contributed by atoms with Crippen molar-refractivity contribution in [3.8, 4) is 0 Å². The molecule has 0 unspecified atom stereocenters. The average Bonchev–Trinajstić information content (AvgIpc) is 4.14. The van der Waals surface area contributed by atoms with Gasteiger partial charge in [-0.3, -0.25) is 9.59 Å². The summed E-state index contributed by atoms with van der Waals surface area (Å²) < 4.78 is 51.0. The van der Waals surface area contributed by atoms with Gasteiger partial charge in [-0.1, -0.05) is 39.8 Å². The van der Waals surface area contributed by atoms with E-state index in [4.69, 9.17) is 19.4 Å². The van der Waals surface area contributed by atoms with Gasteiger partial charge in [0.1, 0.15) is 28.4 Å². The number of sulfone groups is 1. The van der Waals surface area contributed by atoms with Gasteiger partial charge >= 0.3 is 12.2 Å². The van der Waals surface area contributed by atoms with Crippen LogP contribution in [0.4, 0.5) is 19.7 Å². The van der Waals surface area contributed by atoms with Gasteiger partial charge in [0.25, 0.3) is 5.91 Å². The van der Waals surface area contributed by atoms with Gasteiger partial charge in [0.15, 0.2) is 15.9 Å². The number of amides is 4. The van der Waals surface area contributed by atoms with E-state index in [0.717, 1.165) is 41.3 Å². The maximum atomic E-state index is 15.8. The molecule has 3 fully saturated rings. The molecule has 0 bridgehead atoms. The third-order valence-electron chi connectivity index (χ3n) is 13.2. The number of fused-ring (bicyclic) bond motifs is 2. The quantitative estimate of drug-likeness (QED) is 0.0987. The highest BCUT2D eigenvalue weighted by atomic mass is 32.2. The number of nitrogens with one attached hydrogen (secondary N) is 4. The minimum Gasteiger partial charge on any atom is -0.453 e. The lowest BCUT2D eigenvalue weighted by Crippen LogP contribution is -2.51. The smallest absolute Gasteiger partial charge is 0.407 e. The lowest BCUT2D eigenvalue weighted by atomic mass is 10.0. The molecule has 0 aliphatic carbocycles. The Kier molecular flexibility index (Phi) is 13.0. The van der Waals surface area contributed by atoms with Crippen molar-refractivity contribution in [2.75, 3.05) is 38.4 Å². The molecule has 3 aliphatic heterocycles. The highest BCUT2D eigenvalue weighted by Crippen LogP contribution is 2.48. The number of anilines is 1. The average molecular weight is 928 g/mol. The molecule has 17 nitrogen and oxygen atoms in total. The van der Waals surface area contributed by atoms with Crippen LogP contribution >= 0.6 is 0 Å². The number of hydrogen-bond acceptors (Lipinski definition) is 11. The summed E-state index contributed by atoms with van der Waals surface area (Å²) >= 11 is 0. The maximum Gasteiger partial charge on any atom is 0.407 e. The Balaban J connectivity index is 1.10. The number of ether oxygens (including phenoxy) is 2.